The zero-order valence-electron chi connectivity index (χ0n) is 16.3. The van der Waals surface area contributed by atoms with E-state index in [1.165, 1.54) is 33.7 Å². The molecule has 0 fully saturated rings. The van der Waals surface area contributed by atoms with Crippen molar-refractivity contribution in [1.82, 2.24) is 14.9 Å². The molecule has 0 aliphatic heterocycles. The second-order valence-electron chi connectivity index (χ2n) is 6.29. The lowest BCUT2D eigenvalue weighted by Crippen LogP contribution is -2.47. The Hall–Kier alpha value is -2.95. The maximum atomic E-state index is 13.5. The Morgan fingerprint density at radius 2 is 1.97 bits per heavy atom. The van der Waals surface area contributed by atoms with Crippen LogP contribution in [0.3, 0.4) is 0 Å². The number of nitrogens with one attached hydrogen (secondary N) is 1. The summed E-state index contributed by atoms with van der Waals surface area (Å²) in [6.07, 6.45) is -3.07. The number of rotatable bonds is 8. The molecule has 0 saturated heterocycles. The number of methoxy groups -OCH3 is 2. The van der Waals surface area contributed by atoms with Crippen molar-refractivity contribution in [2.75, 3.05) is 20.8 Å². The zero-order valence-corrected chi connectivity index (χ0v) is 16.3. The van der Waals surface area contributed by atoms with Crippen LogP contribution in [0.25, 0.3) is 0 Å². The van der Waals surface area contributed by atoms with Crippen molar-refractivity contribution in [3.8, 4) is 11.5 Å². The second kappa shape index (κ2) is 9.03. The fourth-order valence-corrected chi connectivity index (χ4v) is 2.73. The standard InChI is InChI=1S/C18H24F3N5O3/c1-26-9-8-23-15(26)17(27,18(19,20)21)6-7-24-16(22)25-11-12-4-5-13(28-2)14(10-12)29-3/h4-5,8-10,27H,6-7,11H2,1-3H3,(H3,22,24,25). The van der Waals surface area contributed by atoms with E-state index in [-0.39, 0.29) is 19.0 Å². The average molecular weight is 415 g/mol. The monoisotopic (exact) mass is 415 g/mol. The highest BCUT2D eigenvalue weighted by molar-refractivity contribution is 5.77. The van der Waals surface area contributed by atoms with Gasteiger partial charge in [-0.1, -0.05) is 6.07 Å². The summed E-state index contributed by atoms with van der Waals surface area (Å²) in [6, 6.07) is 5.20. The number of hydrogen-bond donors (Lipinski definition) is 3. The maximum Gasteiger partial charge on any atom is 0.424 e. The smallest absolute Gasteiger partial charge is 0.424 e. The molecule has 0 aliphatic carbocycles. The molecule has 0 amide bonds. The van der Waals surface area contributed by atoms with Gasteiger partial charge in [-0.05, 0) is 17.7 Å². The molecule has 0 bridgehead atoms. The molecule has 29 heavy (non-hydrogen) atoms. The first-order chi connectivity index (χ1) is 13.6. The molecule has 1 atom stereocenters. The van der Waals surface area contributed by atoms with Gasteiger partial charge in [-0.25, -0.2) is 9.98 Å². The quantitative estimate of drug-likeness (QED) is 0.447. The third-order valence-corrected chi connectivity index (χ3v) is 4.33. The van der Waals surface area contributed by atoms with Gasteiger partial charge in [0.05, 0.1) is 20.8 Å². The van der Waals surface area contributed by atoms with Crippen LogP contribution in [0.1, 0.15) is 17.8 Å². The van der Waals surface area contributed by atoms with Gasteiger partial charge in [-0.3, -0.25) is 0 Å². The van der Waals surface area contributed by atoms with Crippen LogP contribution in [0.15, 0.2) is 35.6 Å². The molecule has 1 aromatic heterocycles. The van der Waals surface area contributed by atoms with E-state index in [4.69, 9.17) is 15.2 Å². The van der Waals surface area contributed by atoms with Crippen LogP contribution in [0, 0.1) is 0 Å². The first kappa shape index (κ1) is 22.3. The summed E-state index contributed by atoms with van der Waals surface area (Å²) in [4.78, 5) is 7.73. The predicted molar refractivity (Wildman–Crippen MR) is 101 cm³/mol. The molecule has 2 aromatic rings. The lowest BCUT2D eigenvalue weighted by Gasteiger charge is -2.30. The summed E-state index contributed by atoms with van der Waals surface area (Å²) in [5.74, 6) is 0.542. The normalized spacial score (nSPS) is 14.4. The van der Waals surface area contributed by atoms with Crippen LogP contribution >= 0.6 is 0 Å². The van der Waals surface area contributed by atoms with E-state index < -0.39 is 24.0 Å². The molecule has 0 radical (unpaired) electrons. The molecule has 1 aromatic carbocycles. The minimum absolute atomic E-state index is 0.0517. The number of imidazole rings is 1. The van der Waals surface area contributed by atoms with Crippen LogP contribution in [-0.4, -0.2) is 47.6 Å². The summed E-state index contributed by atoms with van der Waals surface area (Å²) >= 11 is 0. The molecule has 11 heteroatoms. The first-order valence-electron chi connectivity index (χ1n) is 8.64. The summed E-state index contributed by atoms with van der Waals surface area (Å²) in [5.41, 5.74) is 3.40. The van der Waals surface area contributed by atoms with Crippen LogP contribution < -0.4 is 20.5 Å². The van der Waals surface area contributed by atoms with E-state index in [9.17, 15) is 18.3 Å². The van der Waals surface area contributed by atoms with Crippen molar-refractivity contribution in [2.24, 2.45) is 17.8 Å². The van der Waals surface area contributed by atoms with Gasteiger partial charge in [-0.2, -0.15) is 13.2 Å². The van der Waals surface area contributed by atoms with Gasteiger partial charge in [0.15, 0.2) is 17.5 Å². The van der Waals surface area contributed by atoms with E-state index in [0.717, 1.165) is 10.1 Å². The van der Waals surface area contributed by atoms with E-state index in [1.54, 1.807) is 18.2 Å². The van der Waals surface area contributed by atoms with E-state index in [2.05, 4.69) is 15.3 Å². The number of aliphatic hydroxyl groups is 1. The number of nitrogens with two attached hydrogens (primary N) is 1. The third-order valence-electron chi connectivity index (χ3n) is 4.33. The number of aryl methyl sites for hydroxylation is 1. The predicted octanol–water partition coefficient (Wildman–Crippen LogP) is 1.68. The van der Waals surface area contributed by atoms with Crippen LogP contribution in [0.4, 0.5) is 13.2 Å². The summed E-state index contributed by atoms with van der Waals surface area (Å²) < 4.78 is 51.9. The van der Waals surface area contributed by atoms with Crippen molar-refractivity contribution < 1.29 is 27.8 Å². The number of guanidine groups is 1. The highest BCUT2D eigenvalue weighted by Crippen LogP contribution is 2.40. The number of nitrogens with zero attached hydrogens (tertiary/aromatic N) is 3. The Balaban J connectivity index is 2.00. The largest absolute Gasteiger partial charge is 0.493 e. The van der Waals surface area contributed by atoms with Crippen molar-refractivity contribution >= 4 is 5.96 Å². The highest BCUT2D eigenvalue weighted by Gasteiger charge is 2.57. The molecule has 8 nitrogen and oxygen atoms in total. The van der Waals surface area contributed by atoms with Crippen LogP contribution in [-0.2, 0) is 19.2 Å². The van der Waals surface area contributed by atoms with Crippen molar-refractivity contribution in [1.29, 1.82) is 0 Å². The Labute approximate surface area is 166 Å². The molecule has 4 N–H and O–H groups in total. The Morgan fingerprint density at radius 1 is 1.28 bits per heavy atom. The minimum Gasteiger partial charge on any atom is -0.493 e. The van der Waals surface area contributed by atoms with Gasteiger partial charge in [-0.15, -0.1) is 0 Å². The highest BCUT2D eigenvalue weighted by atomic mass is 19.4. The Morgan fingerprint density at radius 3 is 2.52 bits per heavy atom. The molecule has 0 saturated carbocycles. The first-order valence-corrected chi connectivity index (χ1v) is 8.64. The number of alkyl halides is 3. The Kier molecular flexibility index (Phi) is 6.96. The topological polar surface area (TPSA) is 107 Å². The second-order valence-corrected chi connectivity index (χ2v) is 6.29. The molecule has 1 unspecified atom stereocenters. The van der Waals surface area contributed by atoms with Crippen molar-refractivity contribution in [2.45, 2.75) is 24.7 Å². The number of aliphatic imine (C=N–C) groups is 1. The summed E-state index contributed by atoms with van der Waals surface area (Å²) in [6.45, 7) is -0.0772. The lowest BCUT2D eigenvalue weighted by molar-refractivity contribution is -0.272. The number of aromatic nitrogens is 2. The third kappa shape index (κ3) is 5.11. The fraction of sp³-hybridized carbons (Fsp3) is 0.444. The molecule has 0 spiro atoms. The van der Waals surface area contributed by atoms with Crippen molar-refractivity contribution in [3.05, 3.63) is 42.0 Å². The number of halogens is 3. The summed E-state index contributed by atoms with van der Waals surface area (Å²) in [5, 5.41) is 12.8. The fourth-order valence-electron chi connectivity index (χ4n) is 2.73. The molecule has 1 heterocycles. The zero-order chi connectivity index (χ0) is 21.7. The van der Waals surface area contributed by atoms with Crippen molar-refractivity contribution in [3.63, 3.8) is 0 Å². The lowest BCUT2D eigenvalue weighted by atomic mass is 9.97. The number of ether oxygens (including phenoxy) is 2. The minimum atomic E-state index is -4.90. The molecule has 2 rings (SSSR count). The van der Waals surface area contributed by atoms with Crippen LogP contribution in [0.2, 0.25) is 0 Å². The number of hydrogen-bond acceptors (Lipinski definition) is 5. The van der Waals surface area contributed by atoms with Gasteiger partial charge in [0.25, 0.3) is 0 Å². The molecular formula is C18H24F3N5O3. The van der Waals surface area contributed by atoms with Gasteiger partial charge in [0, 0.05) is 32.4 Å². The van der Waals surface area contributed by atoms with E-state index in [0.29, 0.717) is 11.5 Å². The Bertz CT molecular complexity index is 854. The van der Waals surface area contributed by atoms with E-state index >= 15 is 0 Å². The van der Waals surface area contributed by atoms with Gasteiger partial charge in [0.2, 0.25) is 5.60 Å². The van der Waals surface area contributed by atoms with Gasteiger partial charge >= 0.3 is 6.18 Å². The molecule has 0 aliphatic rings. The molecule has 160 valence electrons. The summed E-state index contributed by atoms with van der Waals surface area (Å²) in [7, 11) is 4.40. The van der Waals surface area contributed by atoms with E-state index in [1.807, 2.05) is 0 Å². The molecular weight excluding hydrogens is 391 g/mol. The van der Waals surface area contributed by atoms with Gasteiger partial charge in [0.1, 0.15) is 5.82 Å². The van der Waals surface area contributed by atoms with Gasteiger partial charge < -0.3 is 30.2 Å². The average Bonchev–Trinajstić information content (AvgIpc) is 3.11. The SMILES string of the molecule is COc1ccc(CN=C(N)NCCC(O)(c2nccn2C)C(F)(F)F)cc1OC. The number of benzene rings is 1. The van der Waals surface area contributed by atoms with Crippen LogP contribution in [0.5, 0.6) is 11.5 Å². The maximum absolute atomic E-state index is 13.5.